The molecule has 3 N–H and O–H groups in total. The van der Waals surface area contributed by atoms with Gasteiger partial charge in [0, 0.05) is 18.0 Å². The quantitative estimate of drug-likeness (QED) is 0.730. The normalized spacial score (nSPS) is 12.8. The van der Waals surface area contributed by atoms with Gasteiger partial charge in [0.25, 0.3) is 0 Å². The summed E-state index contributed by atoms with van der Waals surface area (Å²) in [6, 6.07) is 4.52. The van der Waals surface area contributed by atoms with Gasteiger partial charge in [0.15, 0.2) is 0 Å². The Kier molecular flexibility index (Phi) is 7.91. The van der Waals surface area contributed by atoms with Crippen molar-refractivity contribution in [2.75, 3.05) is 23.8 Å². The second-order valence-electron chi connectivity index (χ2n) is 5.33. The largest absolute Gasteiger partial charge is 0.383 e. The molecular weight excluding hydrogens is 254 g/mol. The zero-order chi connectivity index (χ0) is 14.1. The van der Waals surface area contributed by atoms with E-state index < -0.39 is 0 Å². The third-order valence-corrected chi connectivity index (χ3v) is 4.39. The van der Waals surface area contributed by atoms with Crippen molar-refractivity contribution in [2.45, 2.75) is 39.7 Å². The topological polar surface area (TPSA) is 50.9 Å². The number of rotatable bonds is 9. The number of aromatic nitrogens is 1. The Morgan fingerprint density at radius 1 is 1.37 bits per heavy atom. The molecule has 3 nitrogen and oxygen atoms in total. The summed E-state index contributed by atoms with van der Waals surface area (Å²) in [6.45, 7) is 7.79. The summed E-state index contributed by atoms with van der Waals surface area (Å²) < 4.78 is 0. The summed E-state index contributed by atoms with van der Waals surface area (Å²) in [4.78, 5) is 4.16. The lowest BCUT2D eigenvalue weighted by molar-refractivity contribution is 0.549. The number of hydrogen-bond donors (Lipinski definition) is 2. The van der Waals surface area contributed by atoms with Crippen LogP contribution in [0.2, 0.25) is 0 Å². The fourth-order valence-corrected chi connectivity index (χ4v) is 3.00. The second-order valence-corrected chi connectivity index (χ2v) is 6.41. The fourth-order valence-electron chi connectivity index (χ4n) is 1.87. The molecule has 0 aliphatic heterocycles. The minimum atomic E-state index is 0.482. The highest BCUT2D eigenvalue weighted by molar-refractivity contribution is 7.99. The SMILES string of the molecule is CCCNC(CSCC(C)C)Cc1cccnc1N. The first-order chi connectivity index (χ1) is 9.13. The molecule has 19 heavy (non-hydrogen) atoms. The van der Waals surface area contributed by atoms with Gasteiger partial charge in [0.05, 0.1) is 0 Å². The number of thioether (sulfide) groups is 1. The minimum absolute atomic E-state index is 0.482. The van der Waals surface area contributed by atoms with Gasteiger partial charge in [0.2, 0.25) is 0 Å². The highest BCUT2D eigenvalue weighted by atomic mass is 32.2. The third kappa shape index (κ3) is 6.83. The predicted molar refractivity (Wildman–Crippen MR) is 86.6 cm³/mol. The molecule has 108 valence electrons. The third-order valence-electron chi connectivity index (χ3n) is 2.85. The van der Waals surface area contributed by atoms with E-state index in [2.05, 4.69) is 37.1 Å². The van der Waals surface area contributed by atoms with Gasteiger partial charge < -0.3 is 11.1 Å². The molecule has 0 spiro atoms. The van der Waals surface area contributed by atoms with Crippen LogP contribution in [-0.4, -0.2) is 29.1 Å². The van der Waals surface area contributed by atoms with Crippen molar-refractivity contribution >= 4 is 17.6 Å². The number of anilines is 1. The summed E-state index contributed by atoms with van der Waals surface area (Å²) in [6.07, 6.45) is 3.87. The highest BCUT2D eigenvalue weighted by Gasteiger charge is 2.11. The average molecular weight is 281 g/mol. The smallest absolute Gasteiger partial charge is 0.126 e. The molecule has 0 aliphatic carbocycles. The lowest BCUT2D eigenvalue weighted by Crippen LogP contribution is -2.34. The van der Waals surface area contributed by atoms with Gasteiger partial charge in [-0.05, 0) is 42.7 Å². The molecule has 1 unspecified atom stereocenters. The lowest BCUT2D eigenvalue weighted by Gasteiger charge is -2.19. The van der Waals surface area contributed by atoms with E-state index in [1.807, 2.05) is 17.8 Å². The Morgan fingerprint density at radius 3 is 2.79 bits per heavy atom. The van der Waals surface area contributed by atoms with Crippen molar-refractivity contribution in [1.29, 1.82) is 0 Å². The van der Waals surface area contributed by atoms with Crippen LogP contribution in [0.4, 0.5) is 5.82 Å². The van der Waals surface area contributed by atoms with E-state index in [0.29, 0.717) is 11.9 Å². The van der Waals surface area contributed by atoms with Crippen LogP contribution in [0.3, 0.4) is 0 Å². The monoisotopic (exact) mass is 281 g/mol. The Hall–Kier alpha value is -0.740. The summed E-state index contributed by atoms with van der Waals surface area (Å²) >= 11 is 2.02. The molecular formula is C15H27N3S. The van der Waals surface area contributed by atoms with E-state index in [1.54, 1.807) is 6.20 Å². The molecule has 0 radical (unpaired) electrons. The standard InChI is InChI=1S/C15H27N3S/c1-4-7-17-14(11-19-10-12(2)3)9-13-6-5-8-18-15(13)16/h5-6,8,12,14,17H,4,7,9-11H2,1-3H3,(H2,16,18). The van der Waals surface area contributed by atoms with Gasteiger partial charge in [-0.15, -0.1) is 0 Å². The van der Waals surface area contributed by atoms with E-state index >= 15 is 0 Å². The van der Waals surface area contributed by atoms with Gasteiger partial charge in [-0.25, -0.2) is 4.98 Å². The lowest BCUT2D eigenvalue weighted by atomic mass is 10.1. The van der Waals surface area contributed by atoms with Crippen LogP contribution in [0.15, 0.2) is 18.3 Å². The van der Waals surface area contributed by atoms with Crippen molar-refractivity contribution in [2.24, 2.45) is 5.92 Å². The second kappa shape index (κ2) is 9.21. The van der Waals surface area contributed by atoms with Crippen LogP contribution in [0.25, 0.3) is 0 Å². The Balaban J connectivity index is 2.51. The first-order valence-corrected chi connectivity index (χ1v) is 8.29. The van der Waals surface area contributed by atoms with Crippen molar-refractivity contribution in [3.8, 4) is 0 Å². The van der Waals surface area contributed by atoms with Crippen LogP contribution < -0.4 is 11.1 Å². The molecule has 0 saturated carbocycles. The number of pyridine rings is 1. The number of nitrogens with two attached hydrogens (primary N) is 1. The maximum atomic E-state index is 5.93. The van der Waals surface area contributed by atoms with Gasteiger partial charge >= 0.3 is 0 Å². The Bertz CT molecular complexity index is 355. The van der Waals surface area contributed by atoms with E-state index in [0.717, 1.165) is 36.6 Å². The van der Waals surface area contributed by atoms with E-state index in [-0.39, 0.29) is 0 Å². The van der Waals surface area contributed by atoms with Crippen molar-refractivity contribution in [3.63, 3.8) is 0 Å². The number of hydrogen-bond acceptors (Lipinski definition) is 4. The van der Waals surface area contributed by atoms with Crippen LogP contribution in [-0.2, 0) is 6.42 Å². The summed E-state index contributed by atoms with van der Waals surface area (Å²) in [7, 11) is 0. The predicted octanol–water partition coefficient (Wildman–Crippen LogP) is 2.96. The number of nitrogens with one attached hydrogen (secondary N) is 1. The van der Waals surface area contributed by atoms with Gasteiger partial charge in [-0.3, -0.25) is 0 Å². The fraction of sp³-hybridized carbons (Fsp3) is 0.667. The summed E-state index contributed by atoms with van der Waals surface area (Å²) in [5.74, 6) is 3.76. The van der Waals surface area contributed by atoms with Crippen molar-refractivity contribution in [3.05, 3.63) is 23.9 Å². The van der Waals surface area contributed by atoms with E-state index in [1.165, 1.54) is 5.75 Å². The maximum absolute atomic E-state index is 5.93. The minimum Gasteiger partial charge on any atom is -0.383 e. The van der Waals surface area contributed by atoms with Gasteiger partial charge in [-0.2, -0.15) is 11.8 Å². The molecule has 0 amide bonds. The van der Waals surface area contributed by atoms with Crippen LogP contribution in [0.5, 0.6) is 0 Å². The molecule has 4 heteroatoms. The molecule has 1 aromatic heterocycles. The summed E-state index contributed by atoms with van der Waals surface area (Å²) in [5.41, 5.74) is 7.08. The first-order valence-electron chi connectivity index (χ1n) is 7.14. The van der Waals surface area contributed by atoms with Crippen LogP contribution >= 0.6 is 11.8 Å². The maximum Gasteiger partial charge on any atom is 0.126 e. The molecule has 0 aromatic carbocycles. The van der Waals surface area contributed by atoms with Gasteiger partial charge in [0.1, 0.15) is 5.82 Å². The molecule has 0 saturated heterocycles. The summed E-state index contributed by atoms with van der Waals surface area (Å²) in [5, 5.41) is 3.61. The average Bonchev–Trinajstić information content (AvgIpc) is 2.37. The van der Waals surface area contributed by atoms with Crippen LogP contribution in [0, 0.1) is 5.92 Å². The van der Waals surface area contributed by atoms with E-state index in [9.17, 15) is 0 Å². The molecule has 1 atom stereocenters. The van der Waals surface area contributed by atoms with Crippen molar-refractivity contribution < 1.29 is 0 Å². The molecule has 0 aliphatic rings. The van der Waals surface area contributed by atoms with Crippen molar-refractivity contribution in [1.82, 2.24) is 10.3 Å². The zero-order valence-corrected chi connectivity index (χ0v) is 13.2. The van der Waals surface area contributed by atoms with Crippen LogP contribution in [0.1, 0.15) is 32.8 Å². The van der Waals surface area contributed by atoms with E-state index in [4.69, 9.17) is 5.73 Å². The number of nitrogens with zero attached hydrogens (tertiary/aromatic N) is 1. The Labute approximate surface area is 121 Å². The molecule has 1 aromatic rings. The molecule has 1 heterocycles. The number of nitrogen functional groups attached to an aromatic ring is 1. The van der Waals surface area contributed by atoms with Gasteiger partial charge in [-0.1, -0.05) is 26.8 Å². The first kappa shape index (κ1) is 16.3. The molecule has 0 bridgehead atoms. The highest BCUT2D eigenvalue weighted by Crippen LogP contribution is 2.15. The zero-order valence-electron chi connectivity index (χ0n) is 12.4. The molecule has 0 fully saturated rings. The molecule has 1 rings (SSSR count). The Morgan fingerprint density at radius 2 is 2.16 bits per heavy atom.